The number of carbonyl (C=O) groups is 2. The van der Waals surface area contributed by atoms with Crippen LogP contribution < -0.4 is 0 Å². The molecule has 0 unspecified atom stereocenters. The number of sulfone groups is 1. The normalized spacial score (nSPS) is 32.9. The molecule has 0 saturated carbocycles. The van der Waals surface area contributed by atoms with Crippen molar-refractivity contribution in [1.29, 1.82) is 0 Å². The van der Waals surface area contributed by atoms with Crippen LogP contribution in [0.4, 0.5) is 0 Å². The highest BCUT2D eigenvalue weighted by molar-refractivity contribution is 7.93. The molecule has 0 N–H and O–H groups in total. The van der Waals surface area contributed by atoms with Crippen LogP contribution in [0.25, 0.3) is 0 Å². The molecule has 0 bridgehead atoms. The van der Waals surface area contributed by atoms with Gasteiger partial charge in [-0.15, -0.1) is 0 Å². The standard InChI is InChI=1S/C10H15NO5S/c1-4-16-9(13)8-10(2,3)17(14,15)7-5-6(12)11(7)8/h7-8H,4-5H2,1-3H3/t7-,8+/m1/s1. The van der Waals surface area contributed by atoms with E-state index < -0.39 is 32.0 Å². The van der Waals surface area contributed by atoms with Gasteiger partial charge >= 0.3 is 5.97 Å². The van der Waals surface area contributed by atoms with Crippen LogP contribution in [0.15, 0.2) is 0 Å². The van der Waals surface area contributed by atoms with Crippen LogP contribution in [-0.4, -0.2) is 48.0 Å². The number of ether oxygens (including phenoxy) is 1. The Bertz CT molecular complexity index is 481. The quantitative estimate of drug-likeness (QED) is 0.503. The SMILES string of the molecule is CCOC(=O)[C@@H]1N2C(=O)C[C@H]2S(=O)(=O)C1(C)C. The summed E-state index contributed by atoms with van der Waals surface area (Å²) in [5.74, 6) is -0.946. The number of hydrogen-bond acceptors (Lipinski definition) is 5. The molecule has 0 aliphatic carbocycles. The van der Waals surface area contributed by atoms with Crippen LogP contribution >= 0.6 is 0 Å². The molecule has 1 amide bonds. The van der Waals surface area contributed by atoms with Crippen molar-refractivity contribution in [3.63, 3.8) is 0 Å². The molecular formula is C10H15NO5S. The largest absolute Gasteiger partial charge is 0.464 e. The first kappa shape index (κ1) is 12.3. The molecule has 0 aromatic heterocycles. The van der Waals surface area contributed by atoms with E-state index in [2.05, 4.69) is 0 Å². The molecule has 0 aromatic carbocycles. The van der Waals surface area contributed by atoms with Crippen LogP contribution in [0.3, 0.4) is 0 Å². The summed E-state index contributed by atoms with van der Waals surface area (Å²) in [4.78, 5) is 24.4. The van der Waals surface area contributed by atoms with Crippen molar-refractivity contribution >= 4 is 21.7 Å². The minimum absolute atomic E-state index is 0.0261. The molecule has 7 heteroatoms. The van der Waals surface area contributed by atoms with Crippen molar-refractivity contribution < 1.29 is 22.7 Å². The smallest absolute Gasteiger partial charge is 0.330 e. The van der Waals surface area contributed by atoms with E-state index in [-0.39, 0.29) is 18.9 Å². The van der Waals surface area contributed by atoms with Gasteiger partial charge in [0.15, 0.2) is 9.84 Å². The zero-order valence-electron chi connectivity index (χ0n) is 9.97. The summed E-state index contributed by atoms with van der Waals surface area (Å²) >= 11 is 0. The van der Waals surface area contributed by atoms with Crippen molar-refractivity contribution in [1.82, 2.24) is 4.90 Å². The third kappa shape index (κ3) is 1.34. The van der Waals surface area contributed by atoms with E-state index in [9.17, 15) is 18.0 Å². The predicted molar refractivity (Wildman–Crippen MR) is 58.7 cm³/mol. The Morgan fingerprint density at radius 1 is 1.53 bits per heavy atom. The van der Waals surface area contributed by atoms with Gasteiger partial charge in [-0.3, -0.25) is 4.79 Å². The van der Waals surface area contributed by atoms with E-state index >= 15 is 0 Å². The van der Waals surface area contributed by atoms with Gasteiger partial charge in [-0.2, -0.15) is 0 Å². The van der Waals surface area contributed by atoms with Crippen molar-refractivity contribution in [2.75, 3.05) is 6.61 Å². The van der Waals surface area contributed by atoms with Gasteiger partial charge in [-0.25, -0.2) is 13.2 Å². The number of hydrogen-bond donors (Lipinski definition) is 0. The molecule has 6 nitrogen and oxygen atoms in total. The Labute approximate surface area is 99.8 Å². The Hall–Kier alpha value is -1.11. The highest BCUT2D eigenvalue weighted by Crippen LogP contribution is 2.45. The highest BCUT2D eigenvalue weighted by atomic mass is 32.2. The van der Waals surface area contributed by atoms with Crippen molar-refractivity contribution in [3.8, 4) is 0 Å². The summed E-state index contributed by atoms with van der Waals surface area (Å²) in [5.41, 5.74) is 0. The summed E-state index contributed by atoms with van der Waals surface area (Å²) < 4.78 is 27.9. The zero-order valence-corrected chi connectivity index (χ0v) is 10.8. The summed E-state index contributed by atoms with van der Waals surface area (Å²) in [6.07, 6.45) is -0.0261. The maximum atomic E-state index is 12.1. The van der Waals surface area contributed by atoms with E-state index in [1.54, 1.807) is 6.92 Å². The number of esters is 1. The molecule has 0 radical (unpaired) electrons. The Balaban J connectivity index is 2.44. The maximum Gasteiger partial charge on any atom is 0.330 e. The number of rotatable bonds is 2. The van der Waals surface area contributed by atoms with E-state index in [1.165, 1.54) is 13.8 Å². The molecular weight excluding hydrogens is 246 g/mol. The minimum Gasteiger partial charge on any atom is -0.464 e. The van der Waals surface area contributed by atoms with Crippen molar-refractivity contribution in [2.45, 2.75) is 43.4 Å². The van der Waals surface area contributed by atoms with Crippen LogP contribution in [0.5, 0.6) is 0 Å². The fraction of sp³-hybridized carbons (Fsp3) is 0.800. The van der Waals surface area contributed by atoms with Gasteiger partial charge in [-0.1, -0.05) is 0 Å². The summed E-state index contributed by atoms with van der Waals surface area (Å²) in [6.45, 7) is 4.74. The van der Waals surface area contributed by atoms with E-state index in [4.69, 9.17) is 4.74 Å². The topological polar surface area (TPSA) is 80.8 Å². The van der Waals surface area contributed by atoms with Gasteiger partial charge in [0.05, 0.1) is 17.8 Å². The monoisotopic (exact) mass is 261 g/mol. The third-order valence-electron chi connectivity index (χ3n) is 3.49. The van der Waals surface area contributed by atoms with E-state index in [0.29, 0.717) is 0 Å². The van der Waals surface area contributed by atoms with Crippen LogP contribution in [0, 0.1) is 0 Å². The van der Waals surface area contributed by atoms with Gasteiger partial charge in [0.25, 0.3) is 0 Å². The lowest BCUT2D eigenvalue weighted by Gasteiger charge is -2.36. The second kappa shape index (κ2) is 3.44. The van der Waals surface area contributed by atoms with Crippen LogP contribution in [0.1, 0.15) is 27.2 Å². The Morgan fingerprint density at radius 3 is 2.59 bits per heavy atom. The van der Waals surface area contributed by atoms with Gasteiger partial charge in [0.2, 0.25) is 5.91 Å². The summed E-state index contributed by atoms with van der Waals surface area (Å²) in [5, 5.41) is -0.848. The molecule has 17 heavy (non-hydrogen) atoms. The van der Waals surface area contributed by atoms with Gasteiger partial charge in [-0.05, 0) is 20.8 Å². The number of fused-ring (bicyclic) bond motifs is 1. The second-order valence-electron chi connectivity index (χ2n) is 4.76. The Kier molecular flexibility index (Phi) is 2.50. The van der Waals surface area contributed by atoms with Gasteiger partial charge in [0.1, 0.15) is 11.4 Å². The lowest BCUT2D eigenvalue weighted by molar-refractivity contribution is -0.161. The van der Waals surface area contributed by atoms with Crippen molar-refractivity contribution in [2.24, 2.45) is 0 Å². The Morgan fingerprint density at radius 2 is 2.12 bits per heavy atom. The molecule has 2 atom stereocenters. The van der Waals surface area contributed by atoms with Crippen LogP contribution in [0.2, 0.25) is 0 Å². The number of amides is 1. The summed E-state index contributed by atoms with van der Waals surface area (Å²) in [7, 11) is -3.51. The number of nitrogens with zero attached hydrogens (tertiary/aromatic N) is 1. The summed E-state index contributed by atoms with van der Waals surface area (Å²) in [6, 6.07) is -1.02. The average molecular weight is 261 g/mol. The average Bonchev–Trinajstić information content (AvgIpc) is 2.32. The van der Waals surface area contributed by atoms with Gasteiger partial charge in [0, 0.05) is 0 Å². The lowest BCUT2D eigenvalue weighted by atomic mass is 9.98. The first-order valence-electron chi connectivity index (χ1n) is 5.46. The van der Waals surface area contributed by atoms with E-state index in [0.717, 1.165) is 4.90 Å². The van der Waals surface area contributed by atoms with Crippen LogP contribution in [-0.2, 0) is 24.2 Å². The maximum absolute atomic E-state index is 12.1. The fourth-order valence-corrected chi connectivity index (χ4v) is 4.55. The molecule has 2 rings (SSSR count). The molecule has 2 saturated heterocycles. The molecule has 2 aliphatic heterocycles. The number of carbonyl (C=O) groups excluding carboxylic acids is 2. The molecule has 0 spiro atoms. The molecule has 2 fully saturated rings. The van der Waals surface area contributed by atoms with Crippen molar-refractivity contribution in [3.05, 3.63) is 0 Å². The first-order chi connectivity index (χ1) is 7.75. The minimum atomic E-state index is -3.51. The molecule has 96 valence electrons. The lowest BCUT2D eigenvalue weighted by Crippen LogP contribution is -2.57. The number of β-lactam (4-membered cyclic amide) rings is 1. The van der Waals surface area contributed by atoms with Gasteiger partial charge < -0.3 is 9.64 Å². The predicted octanol–water partition coefficient (Wildman–Crippen LogP) is -0.317. The third-order valence-corrected chi connectivity index (χ3v) is 6.29. The zero-order chi connectivity index (χ0) is 13.0. The second-order valence-corrected chi connectivity index (χ2v) is 7.45. The molecule has 2 heterocycles. The fourth-order valence-electron chi connectivity index (χ4n) is 2.43. The highest BCUT2D eigenvalue weighted by Gasteiger charge is 2.68. The molecule has 0 aromatic rings. The first-order valence-corrected chi connectivity index (χ1v) is 7.01. The van der Waals surface area contributed by atoms with E-state index in [1.807, 2.05) is 0 Å². The molecule has 2 aliphatic rings.